The Morgan fingerprint density at radius 2 is 2.06 bits per heavy atom. The number of hydrogen-bond donors (Lipinski definition) is 2. The van der Waals surface area contributed by atoms with Gasteiger partial charge in [0.1, 0.15) is 0 Å². The fourth-order valence-corrected chi connectivity index (χ4v) is 2.55. The minimum absolute atomic E-state index is 0.0828. The number of ether oxygens (including phenoxy) is 1. The summed E-state index contributed by atoms with van der Waals surface area (Å²) in [4.78, 5) is 13.9. The number of likely N-dealkylation sites (tertiary alicyclic amines) is 1. The number of piperidine rings is 1. The van der Waals surface area contributed by atoms with Crippen molar-refractivity contribution in [2.45, 2.75) is 44.7 Å². The summed E-state index contributed by atoms with van der Waals surface area (Å²) in [5, 5.41) is 6.57. The lowest BCUT2D eigenvalue weighted by atomic mass is 10.1. The molecule has 0 aromatic rings. The monoisotopic (exact) mass is 255 g/mol. The van der Waals surface area contributed by atoms with Crippen LogP contribution in [-0.4, -0.2) is 55.9 Å². The first-order valence-electron chi connectivity index (χ1n) is 7.16. The minimum Gasteiger partial charge on any atom is -0.379 e. The standard InChI is InChI=1S/C13H25N3O2/c1-2-6-14-11-3-7-16(8-4-11)13(17)15-12-5-9-18-10-12/h11-12,14H,2-10H2,1H3,(H,15,17). The zero-order valence-electron chi connectivity index (χ0n) is 11.3. The van der Waals surface area contributed by atoms with E-state index in [0.29, 0.717) is 12.6 Å². The summed E-state index contributed by atoms with van der Waals surface area (Å²) in [6.45, 7) is 6.42. The molecule has 2 rings (SSSR count). The van der Waals surface area contributed by atoms with Gasteiger partial charge in [-0.25, -0.2) is 4.79 Å². The molecule has 1 atom stereocenters. The Balaban J connectivity index is 1.66. The first-order chi connectivity index (χ1) is 8.79. The second-order valence-corrected chi connectivity index (χ2v) is 5.23. The number of nitrogens with zero attached hydrogens (tertiary/aromatic N) is 1. The van der Waals surface area contributed by atoms with Gasteiger partial charge in [-0.05, 0) is 32.2 Å². The molecule has 2 fully saturated rings. The first-order valence-corrected chi connectivity index (χ1v) is 7.16. The molecule has 18 heavy (non-hydrogen) atoms. The number of carbonyl (C=O) groups excluding carboxylic acids is 1. The van der Waals surface area contributed by atoms with Crippen LogP contribution in [0.5, 0.6) is 0 Å². The molecule has 1 unspecified atom stereocenters. The summed E-state index contributed by atoms with van der Waals surface area (Å²) < 4.78 is 5.26. The van der Waals surface area contributed by atoms with Gasteiger partial charge in [0.25, 0.3) is 0 Å². The van der Waals surface area contributed by atoms with Crippen molar-refractivity contribution in [3.05, 3.63) is 0 Å². The molecule has 5 heteroatoms. The molecule has 2 saturated heterocycles. The van der Waals surface area contributed by atoms with E-state index >= 15 is 0 Å². The van der Waals surface area contributed by atoms with Gasteiger partial charge in [-0.1, -0.05) is 6.92 Å². The Labute approximate surface area is 109 Å². The van der Waals surface area contributed by atoms with Crippen LogP contribution in [-0.2, 0) is 4.74 Å². The molecule has 0 spiro atoms. The third-order valence-electron chi connectivity index (χ3n) is 3.72. The van der Waals surface area contributed by atoms with Gasteiger partial charge in [-0.15, -0.1) is 0 Å². The summed E-state index contributed by atoms with van der Waals surface area (Å²) in [5.74, 6) is 0. The summed E-state index contributed by atoms with van der Waals surface area (Å²) in [6.07, 6.45) is 4.24. The van der Waals surface area contributed by atoms with E-state index in [4.69, 9.17) is 4.74 Å². The van der Waals surface area contributed by atoms with Crippen molar-refractivity contribution < 1.29 is 9.53 Å². The topological polar surface area (TPSA) is 53.6 Å². The highest BCUT2D eigenvalue weighted by Gasteiger charge is 2.25. The van der Waals surface area contributed by atoms with Gasteiger partial charge in [0, 0.05) is 25.7 Å². The molecule has 0 bridgehead atoms. The second kappa shape index (κ2) is 6.95. The molecule has 0 radical (unpaired) electrons. The zero-order valence-corrected chi connectivity index (χ0v) is 11.3. The lowest BCUT2D eigenvalue weighted by Crippen LogP contribution is -2.50. The van der Waals surface area contributed by atoms with E-state index in [1.54, 1.807) is 0 Å². The van der Waals surface area contributed by atoms with Crippen molar-refractivity contribution in [1.82, 2.24) is 15.5 Å². The molecule has 104 valence electrons. The number of hydrogen-bond acceptors (Lipinski definition) is 3. The Bertz CT molecular complexity index is 259. The van der Waals surface area contributed by atoms with Crippen LogP contribution in [0.1, 0.15) is 32.6 Å². The van der Waals surface area contributed by atoms with Crippen molar-refractivity contribution in [3.8, 4) is 0 Å². The third-order valence-corrected chi connectivity index (χ3v) is 3.72. The predicted octanol–water partition coefficient (Wildman–Crippen LogP) is 0.949. The largest absolute Gasteiger partial charge is 0.379 e. The van der Waals surface area contributed by atoms with Gasteiger partial charge >= 0.3 is 6.03 Å². The zero-order chi connectivity index (χ0) is 12.8. The van der Waals surface area contributed by atoms with Gasteiger partial charge in [-0.2, -0.15) is 0 Å². The average molecular weight is 255 g/mol. The Morgan fingerprint density at radius 3 is 2.67 bits per heavy atom. The van der Waals surface area contributed by atoms with Crippen molar-refractivity contribution in [1.29, 1.82) is 0 Å². The number of amides is 2. The second-order valence-electron chi connectivity index (χ2n) is 5.23. The molecule has 2 heterocycles. The lowest BCUT2D eigenvalue weighted by Gasteiger charge is -2.33. The van der Waals surface area contributed by atoms with E-state index in [0.717, 1.165) is 45.5 Å². The van der Waals surface area contributed by atoms with E-state index < -0.39 is 0 Å². The maximum absolute atomic E-state index is 12.0. The highest BCUT2D eigenvalue weighted by molar-refractivity contribution is 5.74. The molecule has 0 aromatic carbocycles. The molecule has 0 aromatic heterocycles. The van der Waals surface area contributed by atoms with Crippen LogP contribution in [0.4, 0.5) is 4.79 Å². The maximum atomic E-state index is 12.0. The van der Waals surface area contributed by atoms with Gasteiger partial charge in [-0.3, -0.25) is 0 Å². The molecule has 0 saturated carbocycles. The molecule has 2 N–H and O–H groups in total. The van der Waals surface area contributed by atoms with E-state index in [1.165, 1.54) is 6.42 Å². The van der Waals surface area contributed by atoms with Crippen molar-refractivity contribution in [2.24, 2.45) is 0 Å². The summed E-state index contributed by atoms with van der Waals surface area (Å²) in [7, 11) is 0. The number of urea groups is 1. The van der Waals surface area contributed by atoms with Crippen LogP contribution < -0.4 is 10.6 Å². The predicted molar refractivity (Wildman–Crippen MR) is 70.6 cm³/mol. The molecule has 2 aliphatic heterocycles. The molecule has 0 aliphatic carbocycles. The van der Waals surface area contributed by atoms with Gasteiger partial charge in [0.15, 0.2) is 0 Å². The fraction of sp³-hybridized carbons (Fsp3) is 0.923. The highest BCUT2D eigenvalue weighted by atomic mass is 16.5. The maximum Gasteiger partial charge on any atom is 0.317 e. The summed E-state index contributed by atoms with van der Waals surface area (Å²) >= 11 is 0. The van der Waals surface area contributed by atoms with Crippen molar-refractivity contribution in [3.63, 3.8) is 0 Å². The van der Waals surface area contributed by atoms with Crippen LogP contribution in [0, 0.1) is 0 Å². The number of carbonyl (C=O) groups is 1. The van der Waals surface area contributed by atoms with Gasteiger partial charge in [0.2, 0.25) is 0 Å². The van der Waals surface area contributed by atoms with Gasteiger partial charge in [0.05, 0.1) is 12.6 Å². The summed E-state index contributed by atoms with van der Waals surface area (Å²) in [6, 6.07) is 0.886. The fourth-order valence-electron chi connectivity index (χ4n) is 2.55. The average Bonchev–Trinajstić information content (AvgIpc) is 2.89. The van der Waals surface area contributed by atoms with Crippen LogP contribution in [0.15, 0.2) is 0 Å². The van der Waals surface area contributed by atoms with E-state index in [-0.39, 0.29) is 12.1 Å². The van der Waals surface area contributed by atoms with Gasteiger partial charge < -0.3 is 20.3 Å². The number of nitrogens with one attached hydrogen (secondary N) is 2. The SMILES string of the molecule is CCCNC1CCN(C(=O)NC2CCOC2)CC1. The first kappa shape index (κ1) is 13.6. The third kappa shape index (κ3) is 3.85. The highest BCUT2D eigenvalue weighted by Crippen LogP contribution is 2.11. The van der Waals surface area contributed by atoms with Crippen LogP contribution in [0.25, 0.3) is 0 Å². The molecule has 2 amide bonds. The lowest BCUT2D eigenvalue weighted by molar-refractivity contribution is 0.165. The van der Waals surface area contributed by atoms with Crippen LogP contribution in [0.2, 0.25) is 0 Å². The van der Waals surface area contributed by atoms with E-state index in [2.05, 4.69) is 17.6 Å². The van der Waals surface area contributed by atoms with Crippen LogP contribution in [0.3, 0.4) is 0 Å². The minimum atomic E-state index is 0.0828. The smallest absolute Gasteiger partial charge is 0.317 e. The van der Waals surface area contributed by atoms with Crippen molar-refractivity contribution in [2.75, 3.05) is 32.8 Å². The molecular formula is C13H25N3O2. The quantitative estimate of drug-likeness (QED) is 0.786. The molecule has 5 nitrogen and oxygen atoms in total. The molecule has 2 aliphatic rings. The molecular weight excluding hydrogens is 230 g/mol. The van der Waals surface area contributed by atoms with E-state index in [9.17, 15) is 4.79 Å². The Kier molecular flexibility index (Phi) is 5.26. The van der Waals surface area contributed by atoms with Crippen LogP contribution >= 0.6 is 0 Å². The Hall–Kier alpha value is -0.810. The number of rotatable bonds is 4. The Morgan fingerprint density at radius 1 is 1.28 bits per heavy atom. The van der Waals surface area contributed by atoms with Crippen molar-refractivity contribution >= 4 is 6.03 Å². The van der Waals surface area contributed by atoms with E-state index in [1.807, 2.05) is 4.90 Å². The summed E-state index contributed by atoms with van der Waals surface area (Å²) in [5.41, 5.74) is 0. The normalized spacial score (nSPS) is 25.4.